The molecule has 0 bridgehead atoms. The molecule has 0 spiro atoms. The smallest absolute Gasteiger partial charge is 0.258 e. The van der Waals surface area contributed by atoms with Crippen molar-refractivity contribution >= 4 is 46.4 Å². The van der Waals surface area contributed by atoms with E-state index in [0.29, 0.717) is 21.8 Å². The number of amides is 2. The van der Waals surface area contributed by atoms with E-state index in [0.717, 1.165) is 0 Å². The number of benzene rings is 2. The van der Waals surface area contributed by atoms with Gasteiger partial charge in [0.25, 0.3) is 11.8 Å². The van der Waals surface area contributed by atoms with E-state index in [1.165, 1.54) is 0 Å². The number of anilines is 1. The summed E-state index contributed by atoms with van der Waals surface area (Å²) >= 11 is 11.1. The molecule has 7 heteroatoms. The van der Waals surface area contributed by atoms with E-state index in [4.69, 9.17) is 23.8 Å². The van der Waals surface area contributed by atoms with Gasteiger partial charge in [-0.15, -0.1) is 0 Å². The zero-order valence-electron chi connectivity index (χ0n) is 12.2. The maximum atomic E-state index is 12.1. The van der Waals surface area contributed by atoms with E-state index in [1.807, 2.05) is 0 Å². The highest BCUT2D eigenvalue weighted by atomic mass is 35.5. The van der Waals surface area contributed by atoms with Crippen LogP contribution in [0.4, 0.5) is 5.69 Å². The van der Waals surface area contributed by atoms with Crippen LogP contribution in [0.15, 0.2) is 48.5 Å². The molecule has 0 unspecified atom stereocenters. The lowest BCUT2D eigenvalue weighted by Gasteiger charge is -2.11. The van der Waals surface area contributed by atoms with Gasteiger partial charge in [-0.2, -0.15) is 0 Å². The first-order valence-corrected chi connectivity index (χ1v) is 7.49. The third-order valence-corrected chi connectivity index (χ3v) is 3.49. The predicted octanol–water partition coefficient (Wildman–Crippen LogP) is 2.83. The second-order valence-electron chi connectivity index (χ2n) is 4.55. The number of nitrogens with one attached hydrogen (secondary N) is 3. The summed E-state index contributed by atoms with van der Waals surface area (Å²) in [6.45, 7) is 0. The van der Waals surface area contributed by atoms with Crippen molar-refractivity contribution in [3.8, 4) is 0 Å². The zero-order chi connectivity index (χ0) is 16.8. The standard InChI is InChI=1S/C16H14ClN3O2S/c1-18-14(21)10-5-4-6-11(9-10)19-16(23)20-15(22)12-7-2-3-8-13(12)17/h2-9H,1H3,(H,18,21)(H2,19,20,22,23). The highest BCUT2D eigenvalue weighted by molar-refractivity contribution is 7.80. The Kier molecular flexibility index (Phi) is 5.67. The molecule has 2 amide bonds. The SMILES string of the molecule is CNC(=O)c1cccc(NC(=S)NC(=O)c2ccccc2Cl)c1. The second-order valence-corrected chi connectivity index (χ2v) is 5.36. The molecule has 0 saturated heterocycles. The molecule has 2 aromatic rings. The van der Waals surface area contributed by atoms with Crippen molar-refractivity contribution in [2.45, 2.75) is 0 Å². The Morgan fingerprint density at radius 2 is 1.78 bits per heavy atom. The van der Waals surface area contributed by atoms with E-state index >= 15 is 0 Å². The summed E-state index contributed by atoms with van der Waals surface area (Å²) in [5.74, 6) is -0.616. The van der Waals surface area contributed by atoms with Gasteiger partial charge in [-0.25, -0.2) is 0 Å². The fourth-order valence-electron chi connectivity index (χ4n) is 1.86. The summed E-state index contributed by atoms with van der Waals surface area (Å²) in [7, 11) is 1.55. The summed E-state index contributed by atoms with van der Waals surface area (Å²) in [5.41, 5.74) is 1.41. The van der Waals surface area contributed by atoms with Crippen LogP contribution >= 0.6 is 23.8 Å². The summed E-state index contributed by atoms with van der Waals surface area (Å²) in [4.78, 5) is 23.7. The molecule has 0 aliphatic rings. The summed E-state index contributed by atoms with van der Waals surface area (Å²) < 4.78 is 0. The van der Waals surface area contributed by atoms with Gasteiger partial charge in [-0.3, -0.25) is 14.9 Å². The highest BCUT2D eigenvalue weighted by Gasteiger charge is 2.11. The van der Waals surface area contributed by atoms with Crippen LogP contribution in [0.2, 0.25) is 5.02 Å². The molecule has 23 heavy (non-hydrogen) atoms. The van der Waals surface area contributed by atoms with Gasteiger partial charge in [0.05, 0.1) is 10.6 Å². The molecule has 0 atom stereocenters. The van der Waals surface area contributed by atoms with Crippen LogP contribution in [0.25, 0.3) is 0 Å². The maximum absolute atomic E-state index is 12.1. The fraction of sp³-hybridized carbons (Fsp3) is 0.0625. The molecule has 2 rings (SSSR count). The van der Waals surface area contributed by atoms with Crippen molar-refractivity contribution < 1.29 is 9.59 Å². The molecule has 118 valence electrons. The van der Waals surface area contributed by atoms with Crippen LogP contribution in [0.5, 0.6) is 0 Å². The molecule has 0 aliphatic carbocycles. The minimum atomic E-state index is -0.407. The minimum absolute atomic E-state index is 0.115. The Hall–Kier alpha value is -2.44. The predicted molar refractivity (Wildman–Crippen MR) is 95.0 cm³/mol. The van der Waals surface area contributed by atoms with Gasteiger partial charge in [0, 0.05) is 18.3 Å². The van der Waals surface area contributed by atoms with Crippen LogP contribution in [-0.4, -0.2) is 24.0 Å². The zero-order valence-corrected chi connectivity index (χ0v) is 13.8. The van der Waals surface area contributed by atoms with Crippen molar-refractivity contribution in [2.24, 2.45) is 0 Å². The van der Waals surface area contributed by atoms with Crippen molar-refractivity contribution in [3.05, 3.63) is 64.7 Å². The number of hydrogen-bond acceptors (Lipinski definition) is 3. The topological polar surface area (TPSA) is 70.2 Å². The number of thiocarbonyl (C=S) groups is 1. The van der Waals surface area contributed by atoms with Crippen LogP contribution in [0.3, 0.4) is 0 Å². The highest BCUT2D eigenvalue weighted by Crippen LogP contribution is 2.15. The lowest BCUT2D eigenvalue weighted by molar-refractivity contribution is 0.0959. The average Bonchev–Trinajstić information content (AvgIpc) is 2.54. The van der Waals surface area contributed by atoms with Crippen molar-refractivity contribution in [1.82, 2.24) is 10.6 Å². The Morgan fingerprint density at radius 3 is 2.48 bits per heavy atom. The van der Waals surface area contributed by atoms with E-state index < -0.39 is 5.91 Å². The van der Waals surface area contributed by atoms with E-state index in [-0.39, 0.29) is 11.0 Å². The van der Waals surface area contributed by atoms with Gasteiger partial charge in [-0.1, -0.05) is 29.8 Å². The average molecular weight is 348 g/mol. The lowest BCUT2D eigenvalue weighted by atomic mass is 10.2. The van der Waals surface area contributed by atoms with Crippen LogP contribution in [0.1, 0.15) is 20.7 Å². The molecular weight excluding hydrogens is 334 g/mol. The number of halogens is 1. The van der Waals surface area contributed by atoms with E-state index in [1.54, 1.807) is 55.6 Å². The lowest BCUT2D eigenvalue weighted by Crippen LogP contribution is -2.34. The summed E-state index contributed by atoms with van der Waals surface area (Å²) in [6, 6.07) is 13.4. The van der Waals surface area contributed by atoms with E-state index in [9.17, 15) is 9.59 Å². The molecule has 3 N–H and O–H groups in total. The van der Waals surface area contributed by atoms with Crippen LogP contribution in [0, 0.1) is 0 Å². The van der Waals surface area contributed by atoms with E-state index in [2.05, 4.69) is 16.0 Å². The Labute approximate surface area is 144 Å². The number of rotatable bonds is 3. The Bertz CT molecular complexity index is 764. The normalized spacial score (nSPS) is 9.83. The van der Waals surface area contributed by atoms with Gasteiger partial charge in [0.1, 0.15) is 0 Å². The van der Waals surface area contributed by atoms with Gasteiger partial charge >= 0.3 is 0 Å². The minimum Gasteiger partial charge on any atom is -0.355 e. The number of carbonyl (C=O) groups excluding carboxylic acids is 2. The first kappa shape index (κ1) is 16.9. The largest absolute Gasteiger partial charge is 0.355 e. The van der Waals surface area contributed by atoms with Crippen molar-refractivity contribution in [1.29, 1.82) is 0 Å². The van der Waals surface area contributed by atoms with Gasteiger partial charge in [0.15, 0.2) is 5.11 Å². The molecule has 2 aromatic carbocycles. The summed E-state index contributed by atoms with van der Waals surface area (Å²) in [6.07, 6.45) is 0. The molecule has 0 saturated carbocycles. The van der Waals surface area contributed by atoms with Crippen LogP contribution in [-0.2, 0) is 0 Å². The molecule has 0 aromatic heterocycles. The molecule has 0 aliphatic heterocycles. The second kappa shape index (κ2) is 7.71. The number of carbonyl (C=O) groups is 2. The Balaban J connectivity index is 2.04. The fourth-order valence-corrected chi connectivity index (χ4v) is 2.29. The Morgan fingerprint density at radius 1 is 1.04 bits per heavy atom. The van der Waals surface area contributed by atoms with Gasteiger partial charge in [-0.05, 0) is 42.5 Å². The van der Waals surface area contributed by atoms with Gasteiger partial charge < -0.3 is 10.6 Å². The maximum Gasteiger partial charge on any atom is 0.258 e. The molecule has 0 fully saturated rings. The molecule has 5 nitrogen and oxygen atoms in total. The first-order chi connectivity index (χ1) is 11.0. The third-order valence-electron chi connectivity index (χ3n) is 2.96. The quantitative estimate of drug-likeness (QED) is 0.747. The molecule has 0 heterocycles. The van der Waals surface area contributed by atoms with Crippen molar-refractivity contribution in [2.75, 3.05) is 12.4 Å². The monoisotopic (exact) mass is 347 g/mol. The molecular formula is C16H14ClN3O2S. The van der Waals surface area contributed by atoms with Crippen molar-refractivity contribution in [3.63, 3.8) is 0 Å². The first-order valence-electron chi connectivity index (χ1n) is 6.70. The molecule has 0 radical (unpaired) electrons. The van der Waals surface area contributed by atoms with Crippen LogP contribution < -0.4 is 16.0 Å². The summed E-state index contributed by atoms with van der Waals surface area (Å²) in [5, 5.41) is 8.40. The number of hydrogen-bond donors (Lipinski definition) is 3. The third kappa shape index (κ3) is 4.51. The van der Waals surface area contributed by atoms with Gasteiger partial charge in [0.2, 0.25) is 0 Å².